The summed E-state index contributed by atoms with van der Waals surface area (Å²) in [5.41, 5.74) is 0.561. The molecule has 6 nitrogen and oxygen atoms in total. The molecule has 1 aliphatic heterocycles. The van der Waals surface area contributed by atoms with Crippen molar-refractivity contribution in [3.8, 4) is 5.75 Å². The van der Waals surface area contributed by atoms with Gasteiger partial charge in [-0.25, -0.2) is 9.59 Å². The third-order valence-corrected chi connectivity index (χ3v) is 3.22. The van der Waals surface area contributed by atoms with Crippen LogP contribution in [-0.2, 0) is 19.1 Å². The minimum atomic E-state index is -1.10. The SMILES string of the molecule is COC(=O)C(=O)Oc1ccc2c(c1)NC(=O)CS2. The first kappa shape index (κ1) is 12.4. The van der Waals surface area contributed by atoms with Crippen molar-refractivity contribution in [3.05, 3.63) is 18.2 Å². The van der Waals surface area contributed by atoms with Gasteiger partial charge in [-0.05, 0) is 12.1 Å². The number of amides is 1. The molecule has 0 aliphatic carbocycles. The minimum absolute atomic E-state index is 0.121. The number of carbonyl (C=O) groups is 3. The van der Waals surface area contributed by atoms with Crippen LogP contribution >= 0.6 is 11.8 Å². The lowest BCUT2D eigenvalue weighted by molar-refractivity contribution is -0.160. The summed E-state index contributed by atoms with van der Waals surface area (Å²) in [4.78, 5) is 34.2. The molecule has 0 radical (unpaired) electrons. The van der Waals surface area contributed by atoms with E-state index in [1.54, 1.807) is 12.1 Å². The topological polar surface area (TPSA) is 81.7 Å². The van der Waals surface area contributed by atoms with Crippen LogP contribution in [0.15, 0.2) is 23.1 Å². The number of esters is 2. The smallest absolute Gasteiger partial charge is 0.422 e. The number of methoxy groups -OCH3 is 1. The molecule has 0 saturated heterocycles. The van der Waals surface area contributed by atoms with Gasteiger partial charge in [-0.1, -0.05) is 0 Å². The van der Waals surface area contributed by atoms with Crippen LogP contribution in [0.5, 0.6) is 5.75 Å². The largest absolute Gasteiger partial charge is 0.461 e. The zero-order chi connectivity index (χ0) is 13.1. The molecule has 0 spiro atoms. The second-order valence-corrected chi connectivity index (χ2v) is 4.39. The number of fused-ring (bicyclic) bond motifs is 1. The van der Waals surface area contributed by atoms with Gasteiger partial charge in [-0.15, -0.1) is 11.8 Å². The average Bonchev–Trinajstić information content (AvgIpc) is 2.37. The van der Waals surface area contributed by atoms with Crippen LogP contribution in [0.25, 0.3) is 0 Å². The number of anilines is 1. The standard InChI is InChI=1S/C11H9NO5S/c1-16-10(14)11(15)17-6-2-3-8-7(4-6)12-9(13)5-18-8/h2-4H,5H2,1H3,(H,12,13). The quantitative estimate of drug-likeness (QED) is 0.460. The first-order chi connectivity index (χ1) is 8.60. The second-order valence-electron chi connectivity index (χ2n) is 3.38. The van der Waals surface area contributed by atoms with E-state index in [-0.39, 0.29) is 11.7 Å². The number of thioether (sulfide) groups is 1. The molecule has 0 saturated carbocycles. The fraction of sp³-hybridized carbons (Fsp3) is 0.182. The lowest BCUT2D eigenvalue weighted by atomic mass is 10.3. The Morgan fingerprint density at radius 1 is 1.33 bits per heavy atom. The van der Waals surface area contributed by atoms with Crippen molar-refractivity contribution in [1.82, 2.24) is 0 Å². The van der Waals surface area contributed by atoms with Crippen LogP contribution in [0.2, 0.25) is 0 Å². The maximum absolute atomic E-state index is 11.2. The third-order valence-electron chi connectivity index (χ3n) is 2.15. The normalized spacial score (nSPS) is 13.3. The highest BCUT2D eigenvalue weighted by Gasteiger charge is 2.19. The summed E-state index contributed by atoms with van der Waals surface area (Å²) in [6.07, 6.45) is 0. The van der Waals surface area contributed by atoms with Crippen LogP contribution in [0.4, 0.5) is 5.69 Å². The molecule has 2 rings (SSSR count). The van der Waals surface area contributed by atoms with Crippen LogP contribution < -0.4 is 10.1 Å². The van der Waals surface area contributed by atoms with Gasteiger partial charge in [0.1, 0.15) is 5.75 Å². The summed E-state index contributed by atoms with van der Waals surface area (Å²) in [6.45, 7) is 0. The zero-order valence-electron chi connectivity index (χ0n) is 9.39. The van der Waals surface area contributed by atoms with E-state index in [0.29, 0.717) is 11.4 Å². The van der Waals surface area contributed by atoms with E-state index >= 15 is 0 Å². The summed E-state index contributed by atoms with van der Waals surface area (Å²) in [5, 5.41) is 2.65. The summed E-state index contributed by atoms with van der Waals surface area (Å²) in [7, 11) is 1.09. The molecule has 1 N–H and O–H groups in total. The molecule has 0 unspecified atom stereocenters. The van der Waals surface area contributed by atoms with Gasteiger partial charge in [0.25, 0.3) is 0 Å². The van der Waals surface area contributed by atoms with E-state index in [0.717, 1.165) is 12.0 Å². The molecule has 0 aromatic heterocycles. The van der Waals surface area contributed by atoms with Crippen molar-refractivity contribution >= 4 is 35.3 Å². The Balaban J connectivity index is 2.16. The number of carbonyl (C=O) groups excluding carboxylic acids is 3. The molecule has 1 heterocycles. The van der Waals surface area contributed by atoms with Crippen molar-refractivity contribution in [2.45, 2.75) is 4.90 Å². The van der Waals surface area contributed by atoms with Gasteiger partial charge in [0, 0.05) is 11.0 Å². The first-order valence-corrected chi connectivity index (χ1v) is 5.95. The fourth-order valence-corrected chi connectivity index (χ4v) is 2.15. The number of hydrogen-bond donors (Lipinski definition) is 1. The number of rotatable bonds is 1. The second kappa shape index (κ2) is 5.09. The van der Waals surface area contributed by atoms with E-state index in [1.165, 1.54) is 17.8 Å². The van der Waals surface area contributed by atoms with E-state index in [9.17, 15) is 14.4 Å². The van der Waals surface area contributed by atoms with Crippen LogP contribution in [0.3, 0.4) is 0 Å². The molecular formula is C11H9NO5S. The van der Waals surface area contributed by atoms with Crippen molar-refractivity contribution in [1.29, 1.82) is 0 Å². The van der Waals surface area contributed by atoms with Crippen LogP contribution in [0.1, 0.15) is 0 Å². The van der Waals surface area contributed by atoms with E-state index in [4.69, 9.17) is 4.74 Å². The monoisotopic (exact) mass is 267 g/mol. The van der Waals surface area contributed by atoms with Gasteiger partial charge >= 0.3 is 11.9 Å². The average molecular weight is 267 g/mol. The van der Waals surface area contributed by atoms with Crippen LogP contribution in [0, 0.1) is 0 Å². The number of ether oxygens (including phenoxy) is 2. The highest BCUT2D eigenvalue weighted by molar-refractivity contribution is 8.00. The van der Waals surface area contributed by atoms with Gasteiger partial charge in [-0.3, -0.25) is 4.79 Å². The van der Waals surface area contributed by atoms with Gasteiger partial charge in [0.15, 0.2) is 0 Å². The van der Waals surface area contributed by atoms with E-state index in [2.05, 4.69) is 10.1 Å². The highest BCUT2D eigenvalue weighted by Crippen LogP contribution is 2.34. The van der Waals surface area contributed by atoms with Crippen molar-refractivity contribution in [2.75, 3.05) is 18.2 Å². The Morgan fingerprint density at radius 2 is 2.11 bits per heavy atom. The first-order valence-electron chi connectivity index (χ1n) is 4.97. The maximum atomic E-state index is 11.2. The molecule has 1 amide bonds. The molecule has 1 aromatic rings. The predicted octanol–water partition coefficient (Wildman–Crippen LogP) is 0.809. The molecule has 0 atom stereocenters. The summed E-state index contributed by atoms with van der Waals surface area (Å²) in [5.74, 6) is -1.77. The molecule has 94 valence electrons. The lowest BCUT2D eigenvalue weighted by Crippen LogP contribution is -2.22. The van der Waals surface area contributed by atoms with Gasteiger partial charge < -0.3 is 14.8 Å². The summed E-state index contributed by atoms with van der Waals surface area (Å²) < 4.78 is 9.02. The van der Waals surface area contributed by atoms with Crippen LogP contribution in [-0.4, -0.2) is 30.7 Å². The van der Waals surface area contributed by atoms with Gasteiger partial charge in [-0.2, -0.15) is 0 Å². The zero-order valence-corrected chi connectivity index (χ0v) is 10.2. The lowest BCUT2D eigenvalue weighted by Gasteiger charge is -2.16. The molecule has 1 aromatic carbocycles. The maximum Gasteiger partial charge on any atom is 0.422 e. The predicted molar refractivity (Wildman–Crippen MR) is 63.4 cm³/mol. The Bertz CT molecular complexity index is 528. The molecule has 18 heavy (non-hydrogen) atoms. The Morgan fingerprint density at radius 3 is 2.83 bits per heavy atom. The Kier molecular flexibility index (Phi) is 3.52. The van der Waals surface area contributed by atoms with Crippen molar-refractivity contribution in [2.24, 2.45) is 0 Å². The number of benzene rings is 1. The minimum Gasteiger partial charge on any atom is -0.461 e. The van der Waals surface area contributed by atoms with Gasteiger partial charge in [0.2, 0.25) is 5.91 Å². The Hall–Kier alpha value is -2.02. The Labute approximate surface area is 107 Å². The highest BCUT2D eigenvalue weighted by atomic mass is 32.2. The molecule has 0 bridgehead atoms. The summed E-state index contributed by atoms with van der Waals surface area (Å²) in [6, 6.07) is 4.74. The fourth-order valence-electron chi connectivity index (χ4n) is 1.36. The van der Waals surface area contributed by atoms with Crippen molar-refractivity contribution < 1.29 is 23.9 Å². The van der Waals surface area contributed by atoms with Gasteiger partial charge in [0.05, 0.1) is 18.6 Å². The number of nitrogens with one attached hydrogen (secondary N) is 1. The molecular weight excluding hydrogens is 258 g/mol. The number of hydrogen-bond acceptors (Lipinski definition) is 6. The van der Waals surface area contributed by atoms with E-state index < -0.39 is 11.9 Å². The molecule has 0 fully saturated rings. The third kappa shape index (κ3) is 2.62. The summed E-state index contributed by atoms with van der Waals surface area (Å²) >= 11 is 1.39. The van der Waals surface area contributed by atoms with E-state index in [1.807, 2.05) is 0 Å². The molecule has 7 heteroatoms. The molecule has 1 aliphatic rings. The van der Waals surface area contributed by atoms with Crippen molar-refractivity contribution in [3.63, 3.8) is 0 Å².